The zero-order valence-electron chi connectivity index (χ0n) is 10.4. The second-order valence-corrected chi connectivity index (χ2v) is 3.34. The van der Waals surface area contributed by atoms with Crippen molar-refractivity contribution in [2.75, 3.05) is 28.4 Å². The zero-order valence-corrected chi connectivity index (χ0v) is 10.4. The number of hydrogen-bond donors (Lipinski definition) is 0. The number of benzene rings is 1. The molecule has 0 radical (unpaired) electrons. The van der Waals surface area contributed by atoms with Crippen molar-refractivity contribution in [3.63, 3.8) is 0 Å². The maximum Gasteiger partial charge on any atom is 0.203 e. The van der Waals surface area contributed by atoms with Crippen molar-refractivity contribution in [1.29, 1.82) is 0 Å². The zero-order chi connectivity index (χ0) is 12.1. The van der Waals surface area contributed by atoms with Gasteiger partial charge in [-0.15, -0.1) is 0 Å². The van der Waals surface area contributed by atoms with Crippen LogP contribution in [0.25, 0.3) is 0 Å². The Bertz CT molecular complexity index is 324. The van der Waals surface area contributed by atoms with Crippen molar-refractivity contribution in [2.45, 2.75) is 13.0 Å². The van der Waals surface area contributed by atoms with Crippen LogP contribution in [-0.2, 0) is 4.74 Å². The molecule has 16 heavy (non-hydrogen) atoms. The van der Waals surface area contributed by atoms with Crippen molar-refractivity contribution in [3.8, 4) is 17.2 Å². The minimum absolute atomic E-state index is 0.0197. The first kappa shape index (κ1) is 12.6. The molecule has 0 saturated carbocycles. The van der Waals surface area contributed by atoms with Gasteiger partial charge in [-0.3, -0.25) is 0 Å². The summed E-state index contributed by atoms with van der Waals surface area (Å²) < 4.78 is 21.0. The Kier molecular flexibility index (Phi) is 4.43. The van der Waals surface area contributed by atoms with Gasteiger partial charge in [-0.25, -0.2) is 0 Å². The van der Waals surface area contributed by atoms with E-state index in [1.807, 2.05) is 19.1 Å². The lowest BCUT2D eigenvalue weighted by molar-refractivity contribution is 0.119. The molecule has 90 valence electrons. The molecule has 0 fully saturated rings. The highest BCUT2D eigenvalue weighted by molar-refractivity contribution is 5.54. The minimum Gasteiger partial charge on any atom is -0.493 e. The Hall–Kier alpha value is -1.42. The van der Waals surface area contributed by atoms with E-state index in [0.717, 1.165) is 5.56 Å². The lowest BCUT2D eigenvalue weighted by atomic mass is 10.1. The molecule has 0 heterocycles. The van der Waals surface area contributed by atoms with Crippen LogP contribution in [0, 0.1) is 0 Å². The smallest absolute Gasteiger partial charge is 0.203 e. The summed E-state index contributed by atoms with van der Waals surface area (Å²) in [5.41, 5.74) is 0.983. The number of hydrogen-bond acceptors (Lipinski definition) is 4. The molecule has 1 aromatic carbocycles. The SMILES string of the molecule is COc1cc([C@H](C)OC)cc(OC)c1OC. The van der Waals surface area contributed by atoms with E-state index in [0.29, 0.717) is 17.2 Å². The lowest BCUT2D eigenvalue weighted by Crippen LogP contribution is -2.00. The molecule has 0 saturated heterocycles. The summed E-state index contributed by atoms with van der Waals surface area (Å²) in [6.45, 7) is 1.96. The molecular weight excluding hydrogens is 208 g/mol. The second-order valence-electron chi connectivity index (χ2n) is 3.34. The van der Waals surface area contributed by atoms with Gasteiger partial charge in [-0.05, 0) is 24.6 Å². The Morgan fingerprint density at radius 2 is 1.38 bits per heavy atom. The summed E-state index contributed by atoms with van der Waals surface area (Å²) in [5.74, 6) is 1.87. The third-order valence-corrected chi connectivity index (χ3v) is 2.51. The maximum atomic E-state index is 5.26. The molecule has 1 aromatic rings. The summed E-state index contributed by atoms with van der Waals surface area (Å²) >= 11 is 0. The van der Waals surface area contributed by atoms with Gasteiger partial charge in [0.1, 0.15) is 0 Å². The average Bonchev–Trinajstić information content (AvgIpc) is 2.35. The topological polar surface area (TPSA) is 36.9 Å². The van der Waals surface area contributed by atoms with E-state index in [4.69, 9.17) is 18.9 Å². The van der Waals surface area contributed by atoms with Gasteiger partial charge in [0.05, 0.1) is 27.4 Å². The first-order chi connectivity index (χ1) is 7.67. The molecule has 0 N–H and O–H groups in total. The van der Waals surface area contributed by atoms with Gasteiger partial charge >= 0.3 is 0 Å². The van der Waals surface area contributed by atoms with Crippen molar-refractivity contribution in [3.05, 3.63) is 17.7 Å². The Morgan fingerprint density at radius 1 is 0.875 bits per heavy atom. The molecule has 4 heteroatoms. The maximum absolute atomic E-state index is 5.26. The molecule has 0 unspecified atom stereocenters. The van der Waals surface area contributed by atoms with Crippen LogP contribution in [0.4, 0.5) is 0 Å². The van der Waals surface area contributed by atoms with Crippen LogP contribution in [0.2, 0.25) is 0 Å². The normalized spacial score (nSPS) is 12.1. The molecule has 1 atom stereocenters. The lowest BCUT2D eigenvalue weighted by Gasteiger charge is -2.16. The fraction of sp³-hybridized carbons (Fsp3) is 0.500. The van der Waals surface area contributed by atoms with Crippen molar-refractivity contribution >= 4 is 0 Å². The highest BCUT2D eigenvalue weighted by Crippen LogP contribution is 2.39. The van der Waals surface area contributed by atoms with Crippen LogP contribution >= 0.6 is 0 Å². The van der Waals surface area contributed by atoms with Gasteiger partial charge in [-0.2, -0.15) is 0 Å². The standard InChI is InChI=1S/C12H18O4/c1-8(13-2)9-6-10(14-3)12(16-5)11(7-9)15-4/h6-8H,1-5H3/t8-/m0/s1. The van der Waals surface area contributed by atoms with Crippen molar-refractivity contribution in [2.24, 2.45) is 0 Å². The number of rotatable bonds is 5. The Morgan fingerprint density at radius 3 is 1.69 bits per heavy atom. The molecule has 4 nitrogen and oxygen atoms in total. The summed E-state index contributed by atoms with van der Waals surface area (Å²) in [6, 6.07) is 3.77. The summed E-state index contributed by atoms with van der Waals surface area (Å²) in [5, 5.41) is 0. The first-order valence-electron chi connectivity index (χ1n) is 5.00. The summed E-state index contributed by atoms with van der Waals surface area (Å²) in [4.78, 5) is 0. The average molecular weight is 226 g/mol. The number of methoxy groups -OCH3 is 4. The largest absolute Gasteiger partial charge is 0.493 e. The van der Waals surface area contributed by atoms with E-state index < -0.39 is 0 Å². The van der Waals surface area contributed by atoms with Crippen LogP contribution in [-0.4, -0.2) is 28.4 Å². The van der Waals surface area contributed by atoms with Gasteiger partial charge in [0, 0.05) is 7.11 Å². The molecule has 0 aliphatic rings. The fourth-order valence-electron chi connectivity index (χ4n) is 1.47. The Balaban J connectivity index is 3.25. The molecular formula is C12H18O4. The molecule has 0 spiro atoms. The van der Waals surface area contributed by atoms with E-state index in [-0.39, 0.29) is 6.10 Å². The van der Waals surface area contributed by atoms with Crippen molar-refractivity contribution < 1.29 is 18.9 Å². The van der Waals surface area contributed by atoms with Gasteiger partial charge in [0.15, 0.2) is 11.5 Å². The van der Waals surface area contributed by atoms with E-state index in [1.54, 1.807) is 28.4 Å². The van der Waals surface area contributed by atoms with Gasteiger partial charge in [0.2, 0.25) is 5.75 Å². The van der Waals surface area contributed by atoms with Crippen LogP contribution in [0.1, 0.15) is 18.6 Å². The molecule has 0 amide bonds. The van der Waals surface area contributed by atoms with E-state index in [2.05, 4.69) is 0 Å². The van der Waals surface area contributed by atoms with E-state index in [9.17, 15) is 0 Å². The molecule has 0 aliphatic heterocycles. The van der Waals surface area contributed by atoms with Crippen LogP contribution in [0.15, 0.2) is 12.1 Å². The summed E-state index contributed by atoms with van der Waals surface area (Å²) in [6.07, 6.45) is -0.0197. The minimum atomic E-state index is -0.0197. The van der Waals surface area contributed by atoms with Gasteiger partial charge in [-0.1, -0.05) is 0 Å². The highest BCUT2D eigenvalue weighted by atomic mass is 16.5. The van der Waals surface area contributed by atoms with Crippen LogP contribution in [0.3, 0.4) is 0 Å². The third-order valence-electron chi connectivity index (χ3n) is 2.51. The van der Waals surface area contributed by atoms with Crippen LogP contribution < -0.4 is 14.2 Å². The number of ether oxygens (including phenoxy) is 4. The van der Waals surface area contributed by atoms with Crippen molar-refractivity contribution in [1.82, 2.24) is 0 Å². The summed E-state index contributed by atoms with van der Waals surface area (Å²) in [7, 11) is 6.44. The Labute approximate surface area is 96.1 Å². The predicted molar refractivity (Wildman–Crippen MR) is 61.5 cm³/mol. The predicted octanol–water partition coefficient (Wildman–Crippen LogP) is 2.42. The van der Waals surface area contributed by atoms with Crippen LogP contribution in [0.5, 0.6) is 17.2 Å². The first-order valence-corrected chi connectivity index (χ1v) is 5.00. The van der Waals surface area contributed by atoms with E-state index in [1.165, 1.54) is 0 Å². The second kappa shape index (κ2) is 5.61. The molecule has 0 bridgehead atoms. The highest BCUT2D eigenvalue weighted by Gasteiger charge is 2.15. The quantitative estimate of drug-likeness (QED) is 0.772. The molecule has 0 aliphatic carbocycles. The fourth-order valence-corrected chi connectivity index (χ4v) is 1.47. The molecule has 0 aromatic heterocycles. The van der Waals surface area contributed by atoms with Gasteiger partial charge in [0.25, 0.3) is 0 Å². The third kappa shape index (κ3) is 2.39. The molecule has 1 rings (SSSR count). The monoisotopic (exact) mass is 226 g/mol. The van der Waals surface area contributed by atoms with Gasteiger partial charge < -0.3 is 18.9 Å². The van der Waals surface area contributed by atoms with E-state index >= 15 is 0 Å².